The highest BCUT2D eigenvalue weighted by Gasteiger charge is 2.42. The zero-order chi connectivity index (χ0) is 19.6. The van der Waals surface area contributed by atoms with Crippen molar-refractivity contribution in [2.24, 2.45) is 0 Å². The van der Waals surface area contributed by atoms with Crippen molar-refractivity contribution < 1.29 is 30.1 Å². The van der Waals surface area contributed by atoms with E-state index in [-0.39, 0.29) is 0 Å². The van der Waals surface area contributed by atoms with E-state index in [1.165, 1.54) is 5.56 Å². The van der Waals surface area contributed by atoms with E-state index in [2.05, 4.69) is 47.9 Å². The molecule has 0 saturated heterocycles. The van der Waals surface area contributed by atoms with Gasteiger partial charge in [0.1, 0.15) is 0 Å². The van der Waals surface area contributed by atoms with Crippen LogP contribution < -0.4 is 0 Å². The van der Waals surface area contributed by atoms with Crippen LogP contribution in [0.1, 0.15) is 89.5 Å². The first-order valence-corrected chi connectivity index (χ1v) is 10.1. The van der Waals surface area contributed by atoms with E-state index >= 15 is 0 Å². The zero-order valence-electron chi connectivity index (χ0n) is 16.6. The summed E-state index contributed by atoms with van der Waals surface area (Å²) in [4.78, 5) is 19.5. The fourth-order valence-electron chi connectivity index (χ4n) is 3.55. The Morgan fingerprint density at radius 2 is 1.11 bits per heavy atom. The van der Waals surface area contributed by atoms with Gasteiger partial charge in [0.25, 0.3) is 0 Å². The Balaban J connectivity index is 0.000000244. The highest BCUT2D eigenvalue weighted by molar-refractivity contribution is 5.17. The van der Waals surface area contributed by atoms with Crippen LogP contribution in [0.15, 0.2) is 30.3 Å². The van der Waals surface area contributed by atoms with Crippen LogP contribution >= 0.6 is 0 Å². The van der Waals surface area contributed by atoms with Crippen molar-refractivity contribution in [3.05, 3.63) is 35.9 Å². The first-order chi connectivity index (χ1) is 13.0. The standard InChI is InChI=1S/C12H22O6.C9H12/c13-15-11(7-3-1-4-8-11)17-18-12(16-14)9-5-2-6-10-12;1-8(2)9-6-4-3-5-7-9/h13-14H,1-10H2;3-8H,1-2H3. The third-order valence-corrected chi connectivity index (χ3v) is 5.38. The molecule has 0 atom stereocenters. The SMILES string of the molecule is CC(C)c1ccccc1.OOC1(OOC2(OO)CCCCC2)CCCCC1. The molecular formula is C21H34O6. The van der Waals surface area contributed by atoms with E-state index in [0.717, 1.165) is 38.5 Å². The van der Waals surface area contributed by atoms with Crippen LogP contribution in [-0.2, 0) is 19.6 Å². The van der Waals surface area contributed by atoms with Crippen LogP contribution in [0.3, 0.4) is 0 Å². The van der Waals surface area contributed by atoms with Crippen LogP contribution in [0.5, 0.6) is 0 Å². The lowest BCUT2D eigenvalue weighted by atomic mass is 9.94. The Morgan fingerprint density at radius 1 is 0.704 bits per heavy atom. The van der Waals surface area contributed by atoms with Gasteiger partial charge in [-0.15, -0.1) is 0 Å². The summed E-state index contributed by atoms with van der Waals surface area (Å²) in [6.07, 6.45) is 8.14. The fraction of sp³-hybridized carbons (Fsp3) is 0.714. The second-order valence-electron chi connectivity index (χ2n) is 7.86. The molecule has 2 aliphatic carbocycles. The Kier molecular flexibility index (Phi) is 9.15. The smallest absolute Gasteiger partial charge is 0.233 e. The Bertz CT molecular complexity index is 481. The van der Waals surface area contributed by atoms with E-state index in [1.54, 1.807) is 0 Å². The Labute approximate surface area is 162 Å². The molecule has 2 saturated carbocycles. The van der Waals surface area contributed by atoms with Crippen molar-refractivity contribution in [2.45, 2.75) is 95.5 Å². The third kappa shape index (κ3) is 6.82. The molecular weight excluding hydrogens is 348 g/mol. The Morgan fingerprint density at radius 3 is 1.41 bits per heavy atom. The van der Waals surface area contributed by atoms with Crippen LogP contribution in [0, 0.1) is 0 Å². The molecule has 0 spiro atoms. The van der Waals surface area contributed by atoms with Gasteiger partial charge < -0.3 is 0 Å². The molecule has 0 heterocycles. The van der Waals surface area contributed by atoms with Gasteiger partial charge in [0.15, 0.2) is 0 Å². The number of hydrogen-bond donors (Lipinski definition) is 2. The van der Waals surface area contributed by atoms with Gasteiger partial charge >= 0.3 is 0 Å². The lowest BCUT2D eigenvalue weighted by Gasteiger charge is -2.37. The van der Waals surface area contributed by atoms with E-state index in [4.69, 9.17) is 20.3 Å². The molecule has 2 fully saturated rings. The average molecular weight is 382 g/mol. The Hall–Kier alpha value is -1.02. The molecule has 0 radical (unpaired) electrons. The molecule has 6 heteroatoms. The summed E-state index contributed by atoms with van der Waals surface area (Å²) in [5.41, 5.74) is 1.41. The lowest BCUT2D eigenvalue weighted by molar-refractivity contribution is -0.577. The predicted octanol–water partition coefficient (Wildman–Crippen LogP) is 6.04. The minimum absolute atomic E-state index is 0.574. The summed E-state index contributed by atoms with van der Waals surface area (Å²) in [6.45, 7) is 4.41. The van der Waals surface area contributed by atoms with Crippen LogP contribution in [0.4, 0.5) is 0 Å². The van der Waals surface area contributed by atoms with Crippen molar-refractivity contribution in [1.82, 2.24) is 0 Å². The van der Waals surface area contributed by atoms with Gasteiger partial charge in [-0.25, -0.2) is 20.3 Å². The van der Waals surface area contributed by atoms with E-state index in [9.17, 15) is 0 Å². The van der Waals surface area contributed by atoms with E-state index < -0.39 is 11.6 Å². The fourth-order valence-corrected chi connectivity index (χ4v) is 3.55. The first-order valence-electron chi connectivity index (χ1n) is 10.1. The quantitative estimate of drug-likeness (QED) is 0.354. The summed E-state index contributed by atoms with van der Waals surface area (Å²) in [5, 5.41) is 18.0. The van der Waals surface area contributed by atoms with Crippen molar-refractivity contribution >= 4 is 0 Å². The maximum absolute atomic E-state index is 9.02. The maximum Gasteiger partial charge on any atom is 0.233 e. The molecule has 0 aliphatic heterocycles. The van der Waals surface area contributed by atoms with E-state index in [0.29, 0.717) is 31.6 Å². The molecule has 3 rings (SSSR count). The van der Waals surface area contributed by atoms with Gasteiger partial charge in [0, 0.05) is 25.7 Å². The normalized spacial score (nSPS) is 21.4. The summed E-state index contributed by atoms with van der Waals surface area (Å²) in [7, 11) is 0. The monoisotopic (exact) mass is 382 g/mol. The molecule has 6 nitrogen and oxygen atoms in total. The molecule has 0 bridgehead atoms. The van der Waals surface area contributed by atoms with Crippen LogP contribution in [-0.4, -0.2) is 22.1 Å². The minimum Gasteiger partial charge on any atom is -0.249 e. The summed E-state index contributed by atoms with van der Waals surface area (Å²) >= 11 is 0. The van der Waals surface area contributed by atoms with Crippen molar-refractivity contribution in [2.75, 3.05) is 0 Å². The van der Waals surface area contributed by atoms with Gasteiger partial charge in [-0.2, -0.15) is 9.78 Å². The van der Waals surface area contributed by atoms with Crippen molar-refractivity contribution in [3.8, 4) is 0 Å². The number of benzene rings is 1. The molecule has 1 aromatic carbocycles. The molecule has 0 amide bonds. The van der Waals surface area contributed by atoms with Gasteiger partial charge in [-0.1, -0.05) is 57.0 Å². The van der Waals surface area contributed by atoms with Crippen LogP contribution in [0.2, 0.25) is 0 Å². The summed E-state index contributed by atoms with van der Waals surface area (Å²) in [6, 6.07) is 10.5. The second kappa shape index (κ2) is 11.1. The lowest BCUT2D eigenvalue weighted by Crippen LogP contribution is -2.44. The molecule has 154 valence electrons. The number of hydrogen-bond acceptors (Lipinski definition) is 6. The van der Waals surface area contributed by atoms with Gasteiger partial charge in [0.2, 0.25) is 11.6 Å². The second-order valence-corrected chi connectivity index (χ2v) is 7.86. The highest BCUT2D eigenvalue weighted by atomic mass is 17.3. The maximum atomic E-state index is 9.02. The summed E-state index contributed by atoms with van der Waals surface area (Å²) in [5.74, 6) is -1.56. The third-order valence-electron chi connectivity index (χ3n) is 5.38. The summed E-state index contributed by atoms with van der Waals surface area (Å²) < 4.78 is 0. The topological polar surface area (TPSA) is 77.4 Å². The van der Waals surface area contributed by atoms with Gasteiger partial charge in [-0.3, -0.25) is 0 Å². The van der Waals surface area contributed by atoms with Crippen molar-refractivity contribution in [3.63, 3.8) is 0 Å². The van der Waals surface area contributed by atoms with Crippen molar-refractivity contribution in [1.29, 1.82) is 0 Å². The average Bonchev–Trinajstić information content (AvgIpc) is 2.75. The molecule has 2 N–H and O–H groups in total. The zero-order valence-corrected chi connectivity index (χ0v) is 16.6. The molecule has 1 aromatic rings. The highest BCUT2D eigenvalue weighted by Crippen LogP contribution is 2.37. The minimum atomic E-state index is -1.11. The van der Waals surface area contributed by atoms with Gasteiger partial charge in [0.05, 0.1) is 0 Å². The number of rotatable bonds is 6. The van der Waals surface area contributed by atoms with Crippen LogP contribution in [0.25, 0.3) is 0 Å². The van der Waals surface area contributed by atoms with Gasteiger partial charge in [-0.05, 0) is 37.2 Å². The first kappa shape index (κ1) is 22.3. The largest absolute Gasteiger partial charge is 0.249 e. The molecule has 27 heavy (non-hydrogen) atoms. The molecule has 2 aliphatic rings. The predicted molar refractivity (Wildman–Crippen MR) is 102 cm³/mol. The molecule has 0 unspecified atom stereocenters. The van der Waals surface area contributed by atoms with E-state index in [1.807, 2.05) is 6.07 Å². The molecule has 0 aromatic heterocycles.